The molecule has 32 heavy (non-hydrogen) atoms. The summed E-state index contributed by atoms with van der Waals surface area (Å²) in [5, 5.41) is 35.1. The van der Waals surface area contributed by atoms with Crippen LogP contribution in [0.2, 0.25) is 0 Å². The van der Waals surface area contributed by atoms with Crippen molar-refractivity contribution in [2.45, 2.75) is 49.9 Å². The molecule has 3 aliphatic rings. The molecular formula is C20H25F3N4O5. The van der Waals surface area contributed by atoms with Crippen molar-refractivity contribution in [3.63, 3.8) is 0 Å². The molecule has 0 amide bonds. The zero-order valence-electron chi connectivity index (χ0n) is 17.3. The van der Waals surface area contributed by atoms with E-state index < -0.39 is 42.4 Å². The van der Waals surface area contributed by atoms with Crippen LogP contribution in [-0.2, 0) is 15.8 Å². The van der Waals surface area contributed by atoms with Gasteiger partial charge < -0.3 is 25.0 Å². The lowest BCUT2D eigenvalue weighted by Gasteiger charge is -2.37. The van der Waals surface area contributed by atoms with Gasteiger partial charge >= 0.3 is 6.18 Å². The van der Waals surface area contributed by atoms with Crippen LogP contribution in [0.4, 0.5) is 13.2 Å². The highest BCUT2D eigenvalue weighted by atomic mass is 19.4. The van der Waals surface area contributed by atoms with Gasteiger partial charge in [0.25, 0.3) is 0 Å². The summed E-state index contributed by atoms with van der Waals surface area (Å²) in [5.74, 6) is 0.359. The molecule has 7 atom stereocenters. The monoisotopic (exact) mass is 458 g/mol. The minimum Gasteiger partial charge on any atom is -0.387 e. The van der Waals surface area contributed by atoms with E-state index in [0.29, 0.717) is 5.84 Å². The number of aliphatic hydroxyl groups excluding tert-OH is 3. The van der Waals surface area contributed by atoms with Gasteiger partial charge in [0.05, 0.1) is 31.4 Å². The van der Waals surface area contributed by atoms with E-state index in [1.807, 2.05) is 6.08 Å². The van der Waals surface area contributed by atoms with Crippen molar-refractivity contribution < 1.29 is 38.1 Å². The number of halogens is 3. The zero-order chi connectivity index (χ0) is 23.2. The van der Waals surface area contributed by atoms with Gasteiger partial charge in [0.1, 0.15) is 30.3 Å². The molecular weight excluding hydrogens is 433 g/mol. The Morgan fingerprint density at radius 1 is 1.31 bits per heavy atom. The van der Waals surface area contributed by atoms with Gasteiger partial charge in [-0.05, 0) is 24.1 Å². The summed E-state index contributed by atoms with van der Waals surface area (Å²) in [6, 6.07) is 3.23. The molecule has 1 aromatic carbocycles. The van der Waals surface area contributed by atoms with Crippen molar-refractivity contribution in [1.29, 1.82) is 0 Å². The maximum atomic E-state index is 13.0. The van der Waals surface area contributed by atoms with E-state index in [-0.39, 0.29) is 29.9 Å². The number of rotatable bonds is 4. The number of alkyl halides is 3. The normalized spacial score (nSPS) is 33.2. The molecule has 3 heterocycles. The number of hydroxylamine groups is 1. The van der Waals surface area contributed by atoms with Crippen molar-refractivity contribution in [2.75, 3.05) is 13.8 Å². The van der Waals surface area contributed by atoms with Crippen LogP contribution in [0.5, 0.6) is 0 Å². The number of amidine groups is 1. The number of fused-ring (bicyclic) bond motifs is 1. The number of aryl methyl sites for hydroxylation is 1. The predicted molar refractivity (Wildman–Crippen MR) is 106 cm³/mol. The molecule has 0 spiro atoms. The first-order valence-corrected chi connectivity index (χ1v) is 10.0. The fraction of sp³-hybridized carbons (Fsp3) is 0.550. The molecule has 3 aliphatic heterocycles. The average Bonchev–Trinajstić information content (AvgIpc) is 3.29. The lowest BCUT2D eigenvalue weighted by atomic mass is 9.96. The first-order chi connectivity index (χ1) is 15.1. The average molecular weight is 458 g/mol. The number of nitrogens with zero attached hydrogens (tertiary/aromatic N) is 2. The van der Waals surface area contributed by atoms with Crippen LogP contribution < -0.4 is 10.8 Å². The van der Waals surface area contributed by atoms with Crippen molar-refractivity contribution in [3.05, 3.63) is 47.2 Å². The van der Waals surface area contributed by atoms with Crippen molar-refractivity contribution in [2.24, 2.45) is 10.9 Å². The lowest BCUT2D eigenvalue weighted by molar-refractivity contribution is -0.138. The molecule has 0 radical (unpaired) electrons. The zero-order valence-corrected chi connectivity index (χ0v) is 17.3. The van der Waals surface area contributed by atoms with E-state index in [1.54, 1.807) is 11.1 Å². The summed E-state index contributed by atoms with van der Waals surface area (Å²) in [6.07, 6.45) is -7.85. The highest BCUT2D eigenvalue weighted by molar-refractivity contribution is 5.87. The van der Waals surface area contributed by atoms with Crippen LogP contribution in [0.15, 0.2) is 35.5 Å². The van der Waals surface area contributed by atoms with Gasteiger partial charge in [-0.1, -0.05) is 18.2 Å². The largest absolute Gasteiger partial charge is 0.416 e. The summed E-state index contributed by atoms with van der Waals surface area (Å²) in [4.78, 5) is 10.9. The van der Waals surface area contributed by atoms with E-state index >= 15 is 0 Å². The van der Waals surface area contributed by atoms with Crippen LogP contribution in [0.1, 0.15) is 22.8 Å². The summed E-state index contributed by atoms with van der Waals surface area (Å²) < 4.78 is 44.9. The van der Waals surface area contributed by atoms with Gasteiger partial charge in [-0.25, -0.2) is 0 Å². The topological polar surface area (TPSA) is 119 Å². The smallest absolute Gasteiger partial charge is 0.387 e. The van der Waals surface area contributed by atoms with E-state index in [2.05, 4.69) is 15.8 Å². The van der Waals surface area contributed by atoms with Gasteiger partial charge in [-0.3, -0.25) is 20.6 Å². The Balaban J connectivity index is 1.51. The first-order valence-electron chi connectivity index (χ1n) is 10.0. The molecule has 9 nitrogen and oxygen atoms in total. The molecule has 1 fully saturated rings. The Morgan fingerprint density at radius 2 is 2.06 bits per heavy atom. The van der Waals surface area contributed by atoms with Crippen LogP contribution >= 0.6 is 0 Å². The van der Waals surface area contributed by atoms with E-state index in [4.69, 9.17) is 9.57 Å². The third-order valence-electron chi connectivity index (χ3n) is 5.98. The third kappa shape index (κ3) is 3.98. The van der Waals surface area contributed by atoms with E-state index in [0.717, 1.165) is 12.1 Å². The highest BCUT2D eigenvalue weighted by Crippen LogP contribution is 2.38. The van der Waals surface area contributed by atoms with E-state index in [1.165, 1.54) is 20.1 Å². The first kappa shape index (κ1) is 23.0. The van der Waals surface area contributed by atoms with Crippen LogP contribution in [-0.4, -0.2) is 70.5 Å². The molecule has 176 valence electrons. The SMILES string of the molecule is CONC1=NCNC2C1C=CN2[C@@H]1O[C@H]([C@H](O)c2ccc(C(F)(F)F)c(C)c2)[C@@H](O)[C@H]1O. The molecule has 0 bridgehead atoms. The minimum absolute atomic E-state index is 0.0622. The molecule has 1 aromatic rings. The van der Waals surface area contributed by atoms with Crippen LogP contribution in [0.25, 0.3) is 0 Å². The second-order valence-electron chi connectivity index (χ2n) is 7.96. The lowest BCUT2D eigenvalue weighted by Crippen LogP contribution is -2.57. The van der Waals surface area contributed by atoms with Crippen LogP contribution in [0.3, 0.4) is 0 Å². The fourth-order valence-electron chi connectivity index (χ4n) is 4.40. The summed E-state index contributed by atoms with van der Waals surface area (Å²) in [7, 11) is 1.46. The molecule has 1 saturated heterocycles. The van der Waals surface area contributed by atoms with Gasteiger partial charge in [-0.15, -0.1) is 0 Å². The predicted octanol–water partition coefficient (Wildman–Crippen LogP) is 0.376. The van der Waals surface area contributed by atoms with Crippen molar-refractivity contribution in [1.82, 2.24) is 15.7 Å². The molecule has 5 N–H and O–H groups in total. The molecule has 2 unspecified atom stereocenters. The molecule has 0 saturated carbocycles. The fourth-order valence-corrected chi connectivity index (χ4v) is 4.40. The maximum absolute atomic E-state index is 13.0. The molecule has 4 rings (SSSR count). The molecule has 0 aliphatic carbocycles. The van der Waals surface area contributed by atoms with Gasteiger partial charge in [0, 0.05) is 6.20 Å². The van der Waals surface area contributed by atoms with E-state index in [9.17, 15) is 28.5 Å². The summed E-state index contributed by atoms with van der Waals surface area (Å²) in [5.41, 5.74) is 2.00. The standard InChI is InChI=1S/C20H25F3N4O5/c1-9-7-10(3-4-12(9)20(21,22)23)13(28)16-14(29)15(30)19(32-16)27-6-5-11-17(26-31-2)24-8-25-18(11)27/h3-7,11,13-16,18-19,25,28-30H,8H2,1-2H3,(H,24,26)/t11?,13-,14+,15-,16-,18?,19-/m1/s1. The Kier molecular flexibility index (Phi) is 6.18. The minimum atomic E-state index is -4.51. The van der Waals surface area contributed by atoms with Gasteiger partial charge in [0.2, 0.25) is 0 Å². The molecule has 0 aromatic heterocycles. The Hall–Kier alpha value is -2.22. The van der Waals surface area contributed by atoms with Gasteiger partial charge in [0.15, 0.2) is 6.23 Å². The number of nitrogens with one attached hydrogen (secondary N) is 2. The maximum Gasteiger partial charge on any atom is 0.416 e. The number of ether oxygens (including phenoxy) is 1. The second-order valence-corrected chi connectivity index (χ2v) is 7.96. The number of aliphatic imine (C=N–C) groups is 1. The van der Waals surface area contributed by atoms with Gasteiger partial charge in [-0.2, -0.15) is 13.2 Å². The van der Waals surface area contributed by atoms with Crippen molar-refractivity contribution in [3.8, 4) is 0 Å². The second kappa shape index (κ2) is 8.61. The molecule has 12 heteroatoms. The number of aliphatic hydroxyl groups is 3. The quantitative estimate of drug-likeness (QED) is 0.411. The summed E-state index contributed by atoms with van der Waals surface area (Å²) in [6.45, 7) is 1.58. The Labute approximate surface area is 182 Å². The number of hydrogen-bond acceptors (Lipinski definition) is 9. The third-order valence-corrected chi connectivity index (χ3v) is 5.98. The van der Waals surface area contributed by atoms with Crippen molar-refractivity contribution >= 4 is 5.84 Å². The Morgan fingerprint density at radius 3 is 2.72 bits per heavy atom. The summed E-state index contributed by atoms with van der Waals surface area (Å²) >= 11 is 0. The highest BCUT2D eigenvalue weighted by Gasteiger charge is 2.51. The Bertz CT molecular complexity index is 912. The number of hydrogen-bond donors (Lipinski definition) is 5. The number of benzene rings is 1. The van der Waals surface area contributed by atoms with Crippen LogP contribution in [0, 0.1) is 12.8 Å².